The molecule has 0 aromatic heterocycles. The van der Waals surface area contributed by atoms with E-state index in [0.29, 0.717) is 11.7 Å². The smallest absolute Gasteiger partial charge is 0.317 e. The lowest BCUT2D eigenvalue weighted by atomic mass is 9.97. The van der Waals surface area contributed by atoms with Gasteiger partial charge in [-0.1, -0.05) is 12.1 Å². The molecule has 0 saturated carbocycles. The van der Waals surface area contributed by atoms with E-state index < -0.39 is 5.97 Å². The molecule has 20 heavy (non-hydrogen) atoms. The van der Waals surface area contributed by atoms with Gasteiger partial charge in [0.2, 0.25) is 0 Å². The quantitative estimate of drug-likeness (QED) is 0.731. The van der Waals surface area contributed by atoms with E-state index in [1.54, 1.807) is 12.1 Å². The number of carboxylic acid groups (broad SMARTS) is 1. The third kappa shape index (κ3) is 4.83. The number of hydrogen-bond donors (Lipinski definition) is 3. The van der Waals surface area contributed by atoms with Gasteiger partial charge in [-0.2, -0.15) is 0 Å². The molecule has 1 aromatic rings. The molecule has 3 N–H and O–H groups in total. The average molecular weight is 278 g/mol. The Kier molecular flexibility index (Phi) is 5.38. The van der Waals surface area contributed by atoms with E-state index in [1.807, 2.05) is 12.1 Å². The number of aliphatic carboxylic acids is 1. The van der Waals surface area contributed by atoms with Crippen LogP contribution in [-0.4, -0.2) is 47.3 Å². The highest BCUT2D eigenvalue weighted by molar-refractivity contribution is 5.68. The first kappa shape index (κ1) is 14.8. The first-order valence-electron chi connectivity index (χ1n) is 7.06. The zero-order valence-corrected chi connectivity index (χ0v) is 11.6. The van der Waals surface area contributed by atoms with Gasteiger partial charge >= 0.3 is 5.97 Å². The highest BCUT2D eigenvalue weighted by atomic mass is 16.4. The fourth-order valence-electron chi connectivity index (χ4n) is 2.76. The largest absolute Gasteiger partial charge is 0.508 e. The summed E-state index contributed by atoms with van der Waals surface area (Å²) >= 11 is 0. The summed E-state index contributed by atoms with van der Waals surface area (Å²) in [7, 11) is 0. The summed E-state index contributed by atoms with van der Waals surface area (Å²) in [5, 5.41) is 21.1. The number of carbonyl (C=O) groups is 1. The van der Waals surface area contributed by atoms with Crippen molar-refractivity contribution in [3.63, 3.8) is 0 Å². The second-order valence-electron chi connectivity index (χ2n) is 5.44. The normalized spacial score (nSPS) is 19.9. The maximum absolute atomic E-state index is 10.5. The number of piperidine rings is 1. The molecule has 5 nitrogen and oxygen atoms in total. The van der Waals surface area contributed by atoms with Gasteiger partial charge in [0.15, 0.2) is 0 Å². The van der Waals surface area contributed by atoms with Gasteiger partial charge in [0.25, 0.3) is 0 Å². The molecule has 1 atom stereocenters. The number of nitrogens with one attached hydrogen (secondary N) is 1. The molecular weight excluding hydrogens is 256 g/mol. The predicted octanol–water partition coefficient (Wildman–Crippen LogP) is 1.28. The van der Waals surface area contributed by atoms with Gasteiger partial charge in [0, 0.05) is 13.1 Å². The minimum absolute atomic E-state index is 0.0308. The maximum atomic E-state index is 10.5. The number of phenolic OH excluding ortho intramolecular Hbond substituents is 1. The molecule has 1 aliphatic heterocycles. The number of rotatable bonds is 6. The van der Waals surface area contributed by atoms with Crippen LogP contribution >= 0.6 is 0 Å². The van der Waals surface area contributed by atoms with Crippen LogP contribution in [0.1, 0.15) is 18.4 Å². The van der Waals surface area contributed by atoms with E-state index in [1.165, 1.54) is 0 Å². The summed E-state index contributed by atoms with van der Waals surface area (Å²) in [5.74, 6) is -0.00276. The lowest BCUT2D eigenvalue weighted by Crippen LogP contribution is -2.40. The summed E-state index contributed by atoms with van der Waals surface area (Å²) in [4.78, 5) is 12.8. The number of hydrogen-bond acceptors (Lipinski definition) is 4. The van der Waals surface area contributed by atoms with Gasteiger partial charge < -0.3 is 15.5 Å². The maximum Gasteiger partial charge on any atom is 0.317 e. The topological polar surface area (TPSA) is 72.8 Å². The predicted molar refractivity (Wildman–Crippen MR) is 76.6 cm³/mol. The molecule has 1 fully saturated rings. The van der Waals surface area contributed by atoms with Crippen LogP contribution in [0.5, 0.6) is 5.75 Å². The van der Waals surface area contributed by atoms with Crippen molar-refractivity contribution in [2.75, 3.05) is 26.2 Å². The van der Waals surface area contributed by atoms with Crippen molar-refractivity contribution in [2.45, 2.75) is 19.4 Å². The van der Waals surface area contributed by atoms with Crippen LogP contribution in [0, 0.1) is 5.92 Å². The molecule has 0 radical (unpaired) electrons. The Morgan fingerprint density at radius 3 is 3.05 bits per heavy atom. The van der Waals surface area contributed by atoms with Crippen LogP contribution in [0.2, 0.25) is 0 Å². The van der Waals surface area contributed by atoms with Crippen molar-refractivity contribution in [1.82, 2.24) is 10.2 Å². The molecule has 0 spiro atoms. The Balaban J connectivity index is 1.79. The van der Waals surface area contributed by atoms with Crippen molar-refractivity contribution in [1.29, 1.82) is 0 Å². The van der Waals surface area contributed by atoms with Crippen LogP contribution in [-0.2, 0) is 11.3 Å². The molecule has 0 bridgehead atoms. The van der Waals surface area contributed by atoms with E-state index in [9.17, 15) is 9.90 Å². The van der Waals surface area contributed by atoms with Crippen LogP contribution in [0.4, 0.5) is 0 Å². The standard InChI is InChI=1S/C15H22N2O3/c18-14-5-1-3-12(7-14)10-17-6-2-4-13(11-17)8-16-9-15(19)20/h1,3,5,7,13,16,18H,2,4,6,8-11H2,(H,19,20). The van der Waals surface area contributed by atoms with E-state index >= 15 is 0 Å². The zero-order valence-electron chi connectivity index (χ0n) is 11.6. The lowest BCUT2D eigenvalue weighted by Gasteiger charge is -2.32. The summed E-state index contributed by atoms with van der Waals surface area (Å²) in [6.45, 7) is 3.66. The minimum atomic E-state index is -0.808. The van der Waals surface area contributed by atoms with E-state index in [-0.39, 0.29) is 6.54 Å². The first-order valence-corrected chi connectivity index (χ1v) is 7.06. The Hall–Kier alpha value is -1.59. The molecule has 1 aliphatic rings. The molecule has 1 unspecified atom stereocenters. The molecule has 0 amide bonds. The Morgan fingerprint density at radius 1 is 1.45 bits per heavy atom. The third-order valence-electron chi connectivity index (χ3n) is 3.63. The highest BCUT2D eigenvalue weighted by Crippen LogP contribution is 2.19. The number of benzene rings is 1. The second kappa shape index (κ2) is 7.26. The van der Waals surface area contributed by atoms with Crippen LogP contribution in [0.3, 0.4) is 0 Å². The molecule has 110 valence electrons. The van der Waals surface area contributed by atoms with Gasteiger partial charge in [-0.05, 0) is 49.5 Å². The van der Waals surface area contributed by atoms with Crippen molar-refractivity contribution < 1.29 is 15.0 Å². The third-order valence-corrected chi connectivity index (χ3v) is 3.63. The summed E-state index contributed by atoms with van der Waals surface area (Å²) in [5.41, 5.74) is 1.11. The van der Waals surface area contributed by atoms with Crippen LogP contribution < -0.4 is 5.32 Å². The fraction of sp³-hybridized carbons (Fsp3) is 0.533. The lowest BCUT2D eigenvalue weighted by molar-refractivity contribution is -0.136. The van der Waals surface area contributed by atoms with E-state index in [4.69, 9.17) is 5.11 Å². The number of aromatic hydroxyl groups is 1. The van der Waals surface area contributed by atoms with E-state index in [0.717, 1.165) is 44.6 Å². The Morgan fingerprint density at radius 2 is 2.30 bits per heavy atom. The second-order valence-corrected chi connectivity index (χ2v) is 5.44. The molecule has 1 heterocycles. The molecular formula is C15H22N2O3. The molecule has 0 aliphatic carbocycles. The van der Waals surface area contributed by atoms with Crippen LogP contribution in [0.15, 0.2) is 24.3 Å². The summed E-state index contributed by atoms with van der Waals surface area (Å²) in [6.07, 6.45) is 2.28. The number of likely N-dealkylation sites (tertiary alicyclic amines) is 1. The SMILES string of the molecule is O=C(O)CNCC1CCCN(Cc2cccc(O)c2)C1. The monoisotopic (exact) mass is 278 g/mol. The van der Waals surface area contributed by atoms with Gasteiger partial charge in [-0.25, -0.2) is 0 Å². The van der Waals surface area contributed by atoms with Gasteiger partial charge in [-0.3, -0.25) is 9.69 Å². The number of carboxylic acids is 1. The fourth-order valence-corrected chi connectivity index (χ4v) is 2.76. The molecule has 5 heteroatoms. The van der Waals surface area contributed by atoms with Crippen molar-refractivity contribution in [3.8, 4) is 5.75 Å². The van der Waals surface area contributed by atoms with Crippen molar-refractivity contribution >= 4 is 5.97 Å². The van der Waals surface area contributed by atoms with E-state index in [2.05, 4.69) is 10.2 Å². The molecule has 1 saturated heterocycles. The average Bonchev–Trinajstić information content (AvgIpc) is 2.39. The Labute approximate surface area is 119 Å². The van der Waals surface area contributed by atoms with Gasteiger partial charge in [0.05, 0.1) is 6.54 Å². The molecule has 1 aromatic carbocycles. The highest BCUT2D eigenvalue weighted by Gasteiger charge is 2.19. The van der Waals surface area contributed by atoms with Crippen molar-refractivity contribution in [2.24, 2.45) is 5.92 Å². The van der Waals surface area contributed by atoms with Gasteiger partial charge in [-0.15, -0.1) is 0 Å². The first-order chi connectivity index (χ1) is 9.63. The van der Waals surface area contributed by atoms with Crippen molar-refractivity contribution in [3.05, 3.63) is 29.8 Å². The number of nitrogens with zero attached hydrogens (tertiary/aromatic N) is 1. The Bertz CT molecular complexity index is 450. The summed E-state index contributed by atoms with van der Waals surface area (Å²) in [6, 6.07) is 7.36. The minimum Gasteiger partial charge on any atom is -0.508 e. The number of phenols is 1. The molecule has 2 rings (SSSR count). The summed E-state index contributed by atoms with van der Waals surface area (Å²) < 4.78 is 0. The van der Waals surface area contributed by atoms with Gasteiger partial charge in [0.1, 0.15) is 5.75 Å². The zero-order chi connectivity index (χ0) is 14.4. The van der Waals surface area contributed by atoms with Crippen LogP contribution in [0.25, 0.3) is 0 Å².